The topological polar surface area (TPSA) is 52.8 Å². The molecule has 38 heavy (non-hydrogen) atoms. The molecule has 0 aromatic heterocycles. The third-order valence-electron chi connectivity index (χ3n) is 9.06. The van der Waals surface area contributed by atoms with Crippen LogP contribution >= 0.6 is 11.6 Å². The maximum absolute atomic E-state index is 15.1. The summed E-state index contributed by atoms with van der Waals surface area (Å²) in [6.45, 7) is 8.26. The number of piperazine rings is 1. The monoisotopic (exact) mass is 540 g/mol. The van der Waals surface area contributed by atoms with Gasteiger partial charge < -0.3 is 15.5 Å². The molecule has 2 heterocycles. The first-order valence-electron chi connectivity index (χ1n) is 14.4. The molecule has 0 bridgehead atoms. The zero-order valence-corrected chi connectivity index (χ0v) is 23.5. The van der Waals surface area contributed by atoms with Crippen LogP contribution in [-0.4, -0.2) is 61.0 Å². The van der Waals surface area contributed by atoms with E-state index in [1.54, 1.807) is 6.07 Å². The van der Waals surface area contributed by atoms with Gasteiger partial charge in [0.15, 0.2) is 0 Å². The second-order valence-corrected chi connectivity index (χ2v) is 12.2. The number of nitrogens with zero attached hydrogens (tertiary/aromatic N) is 3. The molecule has 206 valence electrons. The predicted octanol–water partition coefficient (Wildman–Crippen LogP) is 5.83. The van der Waals surface area contributed by atoms with Crippen molar-refractivity contribution in [3.8, 4) is 0 Å². The van der Waals surface area contributed by atoms with Crippen molar-refractivity contribution < 1.29 is 9.18 Å². The molecule has 0 radical (unpaired) electrons. The zero-order chi connectivity index (χ0) is 26.8. The minimum absolute atomic E-state index is 0.0666. The summed E-state index contributed by atoms with van der Waals surface area (Å²) >= 11 is 6.19. The van der Waals surface area contributed by atoms with Gasteiger partial charge in [-0.05, 0) is 48.1 Å². The highest BCUT2D eigenvalue weighted by molar-refractivity contribution is 6.30. The molecule has 3 aliphatic rings. The number of para-hydroxylation sites is 1. The normalized spacial score (nSPS) is 24.3. The summed E-state index contributed by atoms with van der Waals surface area (Å²) in [7, 11) is 0. The first kappa shape index (κ1) is 27.4. The van der Waals surface area contributed by atoms with Crippen LogP contribution in [0.3, 0.4) is 0 Å². The first-order chi connectivity index (χ1) is 18.3. The van der Waals surface area contributed by atoms with Crippen molar-refractivity contribution in [2.24, 2.45) is 17.6 Å². The SMILES string of the molecule is CC(C)[C@H](N)c1cccc(F)c1N1CCN(C(=O)[C@H]2CN(C3CCCCC3)C[C@@H]2c2ccc(Cl)cc2)CC1. The van der Waals surface area contributed by atoms with Crippen molar-refractivity contribution in [1.29, 1.82) is 0 Å². The molecule has 3 fully saturated rings. The Morgan fingerprint density at radius 1 is 0.974 bits per heavy atom. The maximum atomic E-state index is 15.1. The Labute approximate surface area is 232 Å². The summed E-state index contributed by atoms with van der Waals surface area (Å²) in [5, 5.41) is 0.722. The number of carbonyl (C=O) groups is 1. The van der Waals surface area contributed by atoms with Crippen LogP contribution in [0.1, 0.15) is 69.0 Å². The summed E-state index contributed by atoms with van der Waals surface area (Å²) in [6.07, 6.45) is 6.36. The molecule has 3 atom stereocenters. The smallest absolute Gasteiger partial charge is 0.227 e. The fourth-order valence-corrected chi connectivity index (χ4v) is 6.88. The number of amides is 1. The van der Waals surface area contributed by atoms with E-state index in [-0.39, 0.29) is 35.5 Å². The van der Waals surface area contributed by atoms with Crippen LogP contribution in [0.15, 0.2) is 42.5 Å². The van der Waals surface area contributed by atoms with E-state index in [4.69, 9.17) is 17.3 Å². The average molecular weight is 541 g/mol. The van der Waals surface area contributed by atoms with E-state index >= 15 is 4.39 Å². The molecule has 2 N–H and O–H groups in total. The number of carbonyl (C=O) groups excluding carboxylic acids is 1. The van der Waals surface area contributed by atoms with E-state index in [0.29, 0.717) is 37.9 Å². The van der Waals surface area contributed by atoms with Gasteiger partial charge in [0.05, 0.1) is 11.6 Å². The fourth-order valence-electron chi connectivity index (χ4n) is 6.76. The molecule has 1 aliphatic carbocycles. The Balaban J connectivity index is 1.31. The molecule has 0 unspecified atom stereocenters. The lowest BCUT2D eigenvalue weighted by molar-refractivity contribution is -0.135. The van der Waals surface area contributed by atoms with Gasteiger partial charge in [-0.1, -0.05) is 69.0 Å². The summed E-state index contributed by atoms with van der Waals surface area (Å²) in [5.41, 5.74) is 9.10. The molecule has 1 saturated carbocycles. The Morgan fingerprint density at radius 3 is 2.32 bits per heavy atom. The lowest BCUT2D eigenvalue weighted by Gasteiger charge is -2.39. The van der Waals surface area contributed by atoms with E-state index < -0.39 is 0 Å². The Morgan fingerprint density at radius 2 is 1.66 bits per heavy atom. The van der Waals surface area contributed by atoms with Crippen LogP contribution in [0.25, 0.3) is 0 Å². The number of rotatable bonds is 6. The van der Waals surface area contributed by atoms with Crippen molar-refractivity contribution >= 4 is 23.2 Å². The zero-order valence-electron chi connectivity index (χ0n) is 22.8. The van der Waals surface area contributed by atoms with Crippen molar-refractivity contribution in [2.45, 2.75) is 64.0 Å². The summed E-state index contributed by atoms with van der Waals surface area (Å²) in [5.74, 6) is 0.304. The maximum Gasteiger partial charge on any atom is 0.227 e. The number of hydrogen-bond acceptors (Lipinski definition) is 4. The van der Waals surface area contributed by atoms with Gasteiger partial charge in [0.1, 0.15) is 5.82 Å². The molecule has 2 aliphatic heterocycles. The van der Waals surface area contributed by atoms with Gasteiger partial charge in [-0.2, -0.15) is 0 Å². The molecule has 5 rings (SSSR count). The quantitative estimate of drug-likeness (QED) is 0.501. The number of halogens is 2. The molecule has 7 heteroatoms. The molecule has 2 aromatic rings. The Kier molecular flexibility index (Phi) is 8.61. The van der Waals surface area contributed by atoms with Crippen molar-refractivity contribution in [2.75, 3.05) is 44.2 Å². The van der Waals surface area contributed by atoms with E-state index in [2.05, 4.69) is 35.8 Å². The molecule has 2 saturated heterocycles. The lowest BCUT2D eigenvalue weighted by atomic mass is 9.88. The minimum atomic E-state index is -0.236. The summed E-state index contributed by atoms with van der Waals surface area (Å²) in [6, 6.07) is 13.6. The van der Waals surface area contributed by atoms with Crippen LogP contribution in [-0.2, 0) is 4.79 Å². The third-order valence-corrected chi connectivity index (χ3v) is 9.31. The van der Waals surface area contributed by atoms with Crippen LogP contribution in [0.2, 0.25) is 5.02 Å². The number of anilines is 1. The number of hydrogen-bond donors (Lipinski definition) is 1. The number of nitrogens with two attached hydrogens (primary N) is 1. The van der Waals surface area contributed by atoms with Gasteiger partial charge in [-0.15, -0.1) is 0 Å². The Bertz CT molecular complexity index is 1100. The standard InChI is InChI=1S/C31H42ClFN4O/c1-21(2)29(34)25-9-6-10-28(33)30(25)35-15-17-36(18-16-35)31(38)27-20-37(24-7-4-3-5-8-24)19-26(27)22-11-13-23(32)14-12-22/h6,9-14,21,24,26-27,29H,3-5,7-8,15-20,34H2,1-2H3/t26-,27+,29+/m1/s1. The molecule has 0 spiro atoms. The largest absolute Gasteiger partial charge is 0.365 e. The van der Waals surface area contributed by atoms with Gasteiger partial charge in [0.2, 0.25) is 5.91 Å². The molecule has 1 amide bonds. The molecule has 5 nitrogen and oxygen atoms in total. The van der Waals surface area contributed by atoms with Gasteiger partial charge in [-0.25, -0.2) is 4.39 Å². The highest BCUT2D eigenvalue weighted by Crippen LogP contribution is 2.39. The number of benzene rings is 2. The van der Waals surface area contributed by atoms with Crippen molar-refractivity contribution in [3.63, 3.8) is 0 Å². The van der Waals surface area contributed by atoms with Gasteiger partial charge in [-0.3, -0.25) is 9.69 Å². The first-order valence-corrected chi connectivity index (χ1v) is 14.8. The fraction of sp³-hybridized carbons (Fsp3) is 0.581. The summed E-state index contributed by atoms with van der Waals surface area (Å²) in [4.78, 5) is 20.7. The van der Waals surface area contributed by atoms with E-state index in [1.165, 1.54) is 43.7 Å². The molecular weight excluding hydrogens is 499 g/mol. The predicted molar refractivity (Wildman–Crippen MR) is 153 cm³/mol. The van der Waals surface area contributed by atoms with Crippen molar-refractivity contribution in [3.05, 3.63) is 64.4 Å². The van der Waals surface area contributed by atoms with E-state index in [1.807, 2.05) is 23.1 Å². The van der Waals surface area contributed by atoms with Gasteiger partial charge in [0, 0.05) is 62.3 Å². The van der Waals surface area contributed by atoms with Gasteiger partial charge >= 0.3 is 0 Å². The lowest BCUT2D eigenvalue weighted by Crippen LogP contribution is -2.51. The van der Waals surface area contributed by atoms with Crippen LogP contribution < -0.4 is 10.6 Å². The van der Waals surface area contributed by atoms with E-state index in [0.717, 1.165) is 23.7 Å². The average Bonchev–Trinajstić information content (AvgIpc) is 3.38. The van der Waals surface area contributed by atoms with Crippen LogP contribution in [0.4, 0.5) is 10.1 Å². The Hall–Kier alpha value is -2.15. The molecule has 2 aromatic carbocycles. The van der Waals surface area contributed by atoms with Gasteiger partial charge in [0.25, 0.3) is 0 Å². The highest BCUT2D eigenvalue weighted by Gasteiger charge is 2.43. The molecular formula is C31H42ClFN4O. The highest BCUT2D eigenvalue weighted by atomic mass is 35.5. The van der Waals surface area contributed by atoms with Crippen LogP contribution in [0, 0.1) is 17.7 Å². The number of likely N-dealkylation sites (tertiary alicyclic amines) is 1. The second-order valence-electron chi connectivity index (χ2n) is 11.8. The van der Waals surface area contributed by atoms with E-state index in [9.17, 15) is 4.79 Å². The second kappa shape index (κ2) is 11.9. The summed E-state index contributed by atoms with van der Waals surface area (Å²) < 4.78 is 15.1. The van der Waals surface area contributed by atoms with Crippen LogP contribution in [0.5, 0.6) is 0 Å². The van der Waals surface area contributed by atoms with Crippen molar-refractivity contribution in [1.82, 2.24) is 9.80 Å². The minimum Gasteiger partial charge on any atom is -0.365 e. The third kappa shape index (κ3) is 5.73.